The van der Waals surface area contributed by atoms with E-state index in [1.807, 2.05) is 74.8 Å². The van der Waals surface area contributed by atoms with Gasteiger partial charge >= 0.3 is 0 Å². The fourth-order valence-electron chi connectivity index (χ4n) is 3.01. The Morgan fingerprint density at radius 2 is 1.60 bits per heavy atom. The molecule has 0 aromatic heterocycles. The van der Waals surface area contributed by atoms with E-state index in [1.54, 1.807) is 24.3 Å². The number of phenols is 1. The molecule has 0 aliphatic heterocycles. The van der Waals surface area contributed by atoms with Crippen LogP contribution in [0, 0.1) is 0 Å². The normalized spacial score (nSPS) is 11.5. The van der Waals surface area contributed by atoms with E-state index in [0.29, 0.717) is 12.2 Å². The van der Waals surface area contributed by atoms with Crippen LogP contribution in [0.4, 0.5) is 0 Å². The standard InChI is InChI=1S/C26H27NO3/c1-27(2)16-17-30-24-14-8-21(9-15-24)19-26(29)25(18-20-6-4-3-5-7-20)22-10-12-23(28)13-11-22/h3-15,18,28H,16-17,19H2,1-2H3/b25-18+. The van der Waals surface area contributed by atoms with E-state index in [9.17, 15) is 9.90 Å². The second-order valence-corrected chi connectivity index (χ2v) is 7.41. The van der Waals surface area contributed by atoms with Crippen LogP contribution in [0.2, 0.25) is 0 Å². The highest BCUT2D eigenvalue weighted by Crippen LogP contribution is 2.24. The van der Waals surface area contributed by atoms with Crippen molar-refractivity contribution in [3.63, 3.8) is 0 Å². The number of hydrogen-bond donors (Lipinski definition) is 1. The van der Waals surface area contributed by atoms with Gasteiger partial charge in [0.15, 0.2) is 5.78 Å². The zero-order chi connectivity index (χ0) is 21.3. The summed E-state index contributed by atoms with van der Waals surface area (Å²) < 4.78 is 5.72. The number of ether oxygens (including phenoxy) is 1. The van der Waals surface area contributed by atoms with Crippen molar-refractivity contribution in [3.05, 3.63) is 95.6 Å². The topological polar surface area (TPSA) is 49.8 Å². The van der Waals surface area contributed by atoms with Gasteiger partial charge in [0, 0.05) is 18.5 Å². The quantitative estimate of drug-likeness (QED) is 0.418. The number of allylic oxidation sites excluding steroid dienone is 1. The molecule has 154 valence electrons. The van der Waals surface area contributed by atoms with Gasteiger partial charge in [0.25, 0.3) is 0 Å². The molecule has 3 aromatic carbocycles. The van der Waals surface area contributed by atoms with Gasteiger partial charge in [-0.1, -0.05) is 54.6 Å². The molecular weight excluding hydrogens is 374 g/mol. The molecule has 3 aromatic rings. The predicted molar refractivity (Wildman–Crippen MR) is 122 cm³/mol. The molecule has 3 rings (SSSR count). The second kappa shape index (κ2) is 10.4. The minimum atomic E-state index is 0.0193. The summed E-state index contributed by atoms with van der Waals surface area (Å²) in [4.78, 5) is 15.2. The highest BCUT2D eigenvalue weighted by atomic mass is 16.5. The van der Waals surface area contributed by atoms with E-state index in [1.165, 1.54) is 0 Å². The summed E-state index contributed by atoms with van der Waals surface area (Å²) in [5.41, 5.74) is 3.29. The molecule has 0 radical (unpaired) electrons. The number of ketones is 1. The third-order valence-electron chi connectivity index (χ3n) is 4.68. The van der Waals surface area contributed by atoms with Crippen LogP contribution in [0.3, 0.4) is 0 Å². The van der Waals surface area contributed by atoms with Crippen molar-refractivity contribution in [3.8, 4) is 11.5 Å². The van der Waals surface area contributed by atoms with Gasteiger partial charge in [0.1, 0.15) is 18.1 Å². The Bertz CT molecular complexity index is 975. The SMILES string of the molecule is CN(C)CCOc1ccc(CC(=O)/C(=C/c2ccccc2)c2ccc(O)cc2)cc1. The first-order chi connectivity index (χ1) is 14.5. The van der Waals surface area contributed by atoms with Crippen molar-refractivity contribution < 1.29 is 14.6 Å². The van der Waals surface area contributed by atoms with E-state index in [4.69, 9.17) is 4.74 Å². The van der Waals surface area contributed by atoms with E-state index in [2.05, 4.69) is 4.90 Å². The fourth-order valence-corrected chi connectivity index (χ4v) is 3.01. The van der Waals surface area contributed by atoms with Gasteiger partial charge in [0.2, 0.25) is 0 Å². The summed E-state index contributed by atoms with van der Waals surface area (Å²) in [6, 6.07) is 24.2. The first kappa shape index (κ1) is 21.3. The third kappa shape index (κ3) is 6.33. The molecule has 0 aliphatic rings. The minimum absolute atomic E-state index is 0.0193. The van der Waals surface area contributed by atoms with Gasteiger partial charge in [0.05, 0.1) is 0 Å². The molecule has 0 heterocycles. The van der Waals surface area contributed by atoms with E-state index < -0.39 is 0 Å². The zero-order valence-corrected chi connectivity index (χ0v) is 17.4. The minimum Gasteiger partial charge on any atom is -0.508 e. The molecule has 0 fully saturated rings. The maximum absolute atomic E-state index is 13.2. The molecule has 0 atom stereocenters. The maximum atomic E-state index is 13.2. The lowest BCUT2D eigenvalue weighted by Gasteiger charge is -2.12. The lowest BCUT2D eigenvalue weighted by Crippen LogP contribution is -2.19. The number of likely N-dealkylation sites (N-methyl/N-ethyl adjacent to an activating group) is 1. The Hall–Kier alpha value is -3.37. The van der Waals surface area contributed by atoms with E-state index in [0.717, 1.165) is 29.0 Å². The first-order valence-corrected chi connectivity index (χ1v) is 9.97. The molecule has 4 nitrogen and oxygen atoms in total. The largest absolute Gasteiger partial charge is 0.508 e. The highest BCUT2D eigenvalue weighted by molar-refractivity contribution is 6.25. The molecule has 0 saturated heterocycles. The van der Waals surface area contributed by atoms with Crippen LogP contribution in [0.5, 0.6) is 11.5 Å². The monoisotopic (exact) mass is 401 g/mol. The summed E-state index contributed by atoms with van der Waals surface area (Å²) >= 11 is 0. The third-order valence-corrected chi connectivity index (χ3v) is 4.68. The predicted octanol–water partition coefficient (Wildman–Crippen LogP) is 4.69. The first-order valence-electron chi connectivity index (χ1n) is 9.97. The lowest BCUT2D eigenvalue weighted by atomic mass is 9.95. The molecule has 1 N–H and O–H groups in total. The Balaban J connectivity index is 1.76. The summed E-state index contributed by atoms with van der Waals surface area (Å²) in [5, 5.41) is 9.60. The second-order valence-electron chi connectivity index (χ2n) is 7.41. The molecule has 0 amide bonds. The molecule has 30 heavy (non-hydrogen) atoms. The van der Waals surface area contributed by atoms with E-state index >= 15 is 0 Å². The van der Waals surface area contributed by atoms with Gasteiger partial charge in [-0.25, -0.2) is 0 Å². The molecule has 0 bridgehead atoms. The summed E-state index contributed by atoms with van der Waals surface area (Å²) in [7, 11) is 4.01. The van der Waals surface area contributed by atoms with Gasteiger partial charge in [-0.15, -0.1) is 0 Å². The van der Waals surface area contributed by atoms with Crippen LogP contribution in [-0.4, -0.2) is 43.0 Å². The van der Waals surface area contributed by atoms with Crippen LogP contribution in [0.1, 0.15) is 16.7 Å². The van der Waals surface area contributed by atoms with Crippen molar-refractivity contribution in [1.82, 2.24) is 4.90 Å². The molecule has 0 aliphatic carbocycles. The number of aromatic hydroxyl groups is 1. The number of phenolic OH excluding ortho intramolecular Hbond substituents is 1. The summed E-state index contributed by atoms with van der Waals surface area (Å²) in [5.74, 6) is 0.993. The van der Waals surface area contributed by atoms with Gasteiger partial charge in [-0.2, -0.15) is 0 Å². The van der Waals surface area contributed by atoms with Crippen LogP contribution in [-0.2, 0) is 11.2 Å². The average molecular weight is 402 g/mol. The van der Waals surface area contributed by atoms with Crippen molar-refractivity contribution in [2.75, 3.05) is 27.2 Å². The number of carbonyl (C=O) groups excluding carboxylic acids is 1. The summed E-state index contributed by atoms with van der Waals surface area (Å²) in [6.07, 6.45) is 2.19. The lowest BCUT2D eigenvalue weighted by molar-refractivity contribution is -0.113. The van der Waals surface area contributed by atoms with Crippen LogP contribution >= 0.6 is 0 Å². The Morgan fingerprint density at radius 3 is 2.23 bits per heavy atom. The van der Waals surface area contributed by atoms with Crippen LogP contribution in [0.25, 0.3) is 11.6 Å². The number of carbonyl (C=O) groups is 1. The Labute approximate surface area is 178 Å². The van der Waals surface area contributed by atoms with E-state index in [-0.39, 0.29) is 18.0 Å². The maximum Gasteiger partial charge on any atom is 0.167 e. The Morgan fingerprint density at radius 1 is 0.933 bits per heavy atom. The van der Waals surface area contributed by atoms with Crippen molar-refractivity contribution >= 4 is 17.4 Å². The van der Waals surface area contributed by atoms with Crippen LogP contribution < -0.4 is 4.74 Å². The van der Waals surface area contributed by atoms with Crippen molar-refractivity contribution in [2.24, 2.45) is 0 Å². The smallest absolute Gasteiger partial charge is 0.167 e. The average Bonchev–Trinajstić information content (AvgIpc) is 2.74. The van der Waals surface area contributed by atoms with Gasteiger partial charge < -0.3 is 14.7 Å². The number of hydrogen-bond acceptors (Lipinski definition) is 4. The van der Waals surface area contributed by atoms with Gasteiger partial charge in [-0.3, -0.25) is 4.79 Å². The van der Waals surface area contributed by atoms with Crippen LogP contribution in [0.15, 0.2) is 78.9 Å². The highest BCUT2D eigenvalue weighted by Gasteiger charge is 2.13. The molecule has 0 unspecified atom stereocenters. The van der Waals surface area contributed by atoms with Gasteiger partial charge in [-0.05, 0) is 61.1 Å². The molecular formula is C26H27NO3. The number of nitrogens with zero attached hydrogens (tertiary/aromatic N) is 1. The van der Waals surface area contributed by atoms with Crippen molar-refractivity contribution in [2.45, 2.75) is 6.42 Å². The molecule has 0 spiro atoms. The number of Topliss-reactive ketones (excluding diaryl/α,β-unsaturated/α-hetero) is 1. The molecule has 0 saturated carbocycles. The summed E-state index contributed by atoms with van der Waals surface area (Å²) in [6.45, 7) is 1.47. The number of rotatable bonds is 9. The zero-order valence-electron chi connectivity index (χ0n) is 17.4. The fraction of sp³-hybridized carbons (Fsp3) is 0.192. The molecule has 4 heteroatoms. The van der Waals surface area contributed by atoms with Crippen molar-refractivity contribution in [1.29, 1.82) is 0 Å². The Kier molecular flexibility index (Phi) is 7.41. The number of benzene rings is 3.